The van der Waals surface area contributed by atoms with Crippen LogP contribution in [0.15, 0.2) is 52.3 Å². The van der Waals surface area contributed by atoms with Crippen molar-refractivity contribution in [3.8, 4) is 10.8 Å². The number of ether oxygens (including phenoxy) is 2. The zero-order chi connectivity index (χ0) is 31.3. The lowest BCUT2D eigenvalue weighted by Gasteiger charge is -2.27. The van der Waals surface area contributed by atoms with Gasteiger partial charge in [0.15, 0.2) is 0 Å². The number of benzene rings is 1. The Morgan fingerprint density at radius 2 is 1.89 bits per heavy atom. The Labute approximate surface area is 277 Å². The average molecular weight is 740 g/mol. The third-order valence-electron chi connectivity index (χ3n) is 7.42. The van der Waals surface area contributed by atoms with Crippen LogP contribution in [0.2, 0.25) is 0 Å². The van der Waals surface area contributed by atoms with Gasteiger partial charge in [-0.15, -0.1) is 24.0 Å². The van der Waals surface area contributed by atoms with Crippen LogP contribution in [-0.4, -0.2) is 62.4 Å². The Morgan fingerprint density at radius 3 is 2.45 bits per heavy atom. The summed E-state index contributed by atoms with van der Waals surface area (Å²) in [6.07, 6.45) is 5.52. The highest BCUT2D eigenvalue weighted by atomic mass is 127. The van der Waals surface area contributed by atoms with Crippen LogP contribution in [0.1, 0.15) is 51.7 Å². The van der Waals surface area contributed by atoms with Gasteiger partial charge < -0.3 is 19.9 Å². The minimum Gasteiger partial charge on any atom is -0.496 e. The zero-order valence-electron chi connectivity index (χ0n) is 26.0. The lowest BCUT2D eigenvalue weighted by atomic mass is 10.0. The first-order valence-corrected chi connectivity index (χ1v) is 15.3. The van der Waals surface area contributed by atoms with Crippen LogP contribution in [0, 0.1) is 6.92 Å². The van der Waals surface area contributed by atoms with E-state index in [1.807, 2.05) is 45.0 Å². The van der Waals surface area contributed by atoms with Gasteiger partial charge in [0, 0.05) is 43.8 Å². The van der Waals surface area contributed by atoms with Gasteiger partial charge in [-0.1, -0.05) is 29.5 Å². The smallest absolute Gasteiger partial charge is 0.333 e. The molecule has 0 atom stereocenters. The molecule has 4 aromatic rings. The minimum atomic E-state index is -1.40. The first-order valence-electron chi connectivity index (χ1n) is 14.5. The van der Waals surface area contributed by atoms with Crippen molar-refractivity contribution in [3.63, 3.8) is 0 Å². The van der Waals surface area contributed by atoms with E-state index in [0.717, 1.165) is 46.9 Å². The molecule has 3 aromatic heterocycles. The van der Waals surface area contributed by atoms with Gasteiger partial charge in [-0.05, 0) is 71.6 Å². The Morgan fingerprint density at radius 1 is 1.20 bits per heavy atom. The molecule has 0 saturated carbocycles. The van der Waals surface area contributed by atoms with Crippen LogP contribution in [0.5, 0.6) is 5.75 Å². The summed E-state index contributed by atoms with van der Waals surface area (Å²) in [6.45, 7) is 10.5. The molecule has 2 N–H and O–H groups in total. The Hall–Kier alpha value is -3.01. The van der Waals surface area contributed by atoms with Crippen LogP contribution in [0.4, 0.5) is 0 Å². The number of aliphatic hydroxyl groups is 1. The molecule has 240 valence electrons. The van der Waals surface area contributed by atoms with Gasteiger partial charge in [0.1, 0.15) is 21.1 Å². The van der Waals surface area contributed by atoms with Crippen molar-refractivity contribution in [2.45, 2.75) is 78.1 Å². The maximum Gasteiger partial charge on any atom is 0.333 e. The molecule has 11 nitrogen and oxygen atoms in total. The number of hydrogen-bond acceptors (Lipinski definition) is 8. The number of methoxy groups -OCH3 is 1. The fraction of sp³-hybridized carbons (Fsp3) is 0.484. The molecule has 1 saturated heterocycles. The maximum absolute atomic E-state index is 13.9. The molecular weight excluding hydrogens is 697 g/mol. The molecule has 4 heterocycles. The van der Waals surface area contributed by atoms with Crippen molar-refractivity contribution >= 4 is 51.4 Å². The number of aromatic nitrogens is 4. The number of carbonyl (C=O) groups excluding carboxylic acids is 1. The number of thiophene rings is 1. The van der Waals surface area contributed by atoms with Gasteiger partial charge >= 0.3 is 5.69 Å². The quantitative estimate of drug-likeness (QED) is 0.262. The number of aliphatic hydroxyl groups excluding tert-OH is 1. The van der Waals surface area contributed by atoms with Crippen LogP contribution in [0.25, 0.3) is 15.2 Å². The predicted octanol–water partition coefficient (Wildman–Crippen LogP) is 4.01. The summed E-state index contributed by atoms with van der Waals surface area (Å²) in [7, 11) is 1.61. The molecule has 1 aromatic carbocycles. The number of nitrogens with zero attached hydrogens (tertiary/aromatic N) is 4. The largest absolute Gasteiger partial charge is 0.496 e. The van der Waals surface area contributed by atoms with Gasteiger partial charge in [-0.3, -0.25) is 14.2 Å². The SMILES string of the molecule is COc1ccccc1CCn1c(=O)n(C(C)(C)C(=O)NC(C)C)c(=O)c2c(C)c(-n3cccn3)sc21.I.OC1CCOCC1. The molecule has 0 spiro atoms. The van der Waals surface area contributed by atoms with Crippen molar-refractivity contribution < 1.29 is 19.4 Å². The third-order valence-corrected chi connectivity index (χ3v) is 8.73. The Balaban J connectivity index is 0.000000582. The third kappa shape index (κ3) is 7.61. The molecule has 0 bridgehead atoms. The highest BCUT2D eigenvalue weighted by Gasteiger charge is 2.35. The van der Waals surface area contributed by atoms with E-state index in [1.165, 1.54) is 11.3 Å². The number of amides is 1. The highest BCUT2D eigenvalue weighted by Crippen LogP contribution is 2.31. The summed E-state index contributed by atoms with van der Waals surface area (Å²) >= 11 is 1.34. The van der Waals surface area contributed by atoms with Crippen molar-refractivity contribution in [2.24, 2.45) is 0 Å². The summed E-state index contributed by atoms with van der Waals surface area (Å²) in [5.74, 6) is 0.332. The number of nitrogens with one attached hydrogen (secondary N) is 1. The first-order chi connectivity index (χ1) is 20.5. The van der Waals surface area contributed by atoms with Gasteiger partial charge in [-0.2, -0.15) is 5.10 Å². The Kier molecular flexibility index (Phi) is 12.4. The monoisotopic (exact) mass is 739 g/mol. The number of rotatable bonds is 8. The van der Waals surface area contributed by atoms with E-state index in [-0.39, 0.29) is 36.1 Å². The first kappa shape index (κ1) is 35.5. The fourth-order valence-corrected chi connectivity index (χ4v) is 6.26. The maximum atomic E-state index is 13.9. The van der Waals surface area contributed by atoms with E-state index in [1.54, 1.807) is 48.7 Å². The van der Waals surface area contributed by atoms with Crippen molar-refractivity contribution in [1.29, 1.82) is 0 Å². The summed E-state index contributed by atoms with van der Waals surface area (Å²) in [5.41, 5.74) is -0.767. The number of fused-ring (bicyclic) bond motifs is 1. The highest BCUT2D eigenvalue weighted by molar-refractivity contribution is 14.0. The number of para-hydroxylation sites is 1. The summed E-state index contributed by atoms with van der Waals surface area (Å²) in [5, 5.41) is 17.2. The Bertz CT molecular complexity index is 1670. The number of carbonyl (C=O) groups is 1. The molecule has 44 heavy (non-hydrogen) atoms. The molecule has 0 radical (unpaired) electrons. The van der Waals surface area contributed by atoms with E-state index >= 15 is 0 Å². The standard InChI is InChI=1S/C26H31N5O4S.C5H10O2.HI/c1-16(2)28-24(33)26(4,5)31-21(32)20-17(3)22(30-14-9-13-27-30)36-23(20)29(25(31)34)15-12-18-10-7-8-11-19(18)35-6;6-5-1-3-7-4-2-5;/h7-11,13-14,16H,12,15H2,1-6H3,(H,28,33);5-6H,1-4H2;1H. The normalized spacial score (nSPS) is 13.7. The van der Waals surface area contributed by atoms with Crippen LogP contribution in [0.3, 0.4) is 0 Å². The van der Waals surface area contributed by atoms with Crippen molar-refractivity contribution in [1.82, 2.24) is 24.2 Å². The molecule has 1 fully saturated rings. The fourth-order valence-electron chi connectivity index (χ4n) is 5.00. The van der Waals surface area contributed by atoms with E-state index in [2.05, 4.69) is 10.4 Å². The van der Waals surface area contributed by atoms with Crippen LogP contribution < -0.4 is 21.3 Å². The molecule has 1 aliphatic heterocycles. The lowest BCUT2D eigenvalue weighted by Crippen LogP contribution is -2.56. The second-order valence-corrected chi connectivity index (χ2v) is 12.3. The van der Waals surface area contributed by atoms with Gasteiger partial charge in [0.25, 0.3) is 5.56 Å². The average Bonchev–Trinajstić information content (AvgIpc) is 3.62. The van der Waals surface area contributed by atoms with Crippen molar-refractivity contribution in [3.05, 3.63) is 74.7 Å². The van der Waals surface area contributed by atoms with E-state index in [9.17, 15) is 14.4 Å². The zero-order valence-corrected chi connectivity index (χ0v) is 29.2. The molecule has 0 unspecified atom stereocenters. The summed E-state index contributed by atoms with van der Waals surface area (Å²) in [6, 6.07) is 9.29. The van der Waals surface area contributed by atoms with Gasteiger partial charge in [0.05, 0.1) is 18.6 Å². The number of halogens is 1. The van der Waals surface area contributed by atoms with E-state index in [4.69, 9.17) is 14.6 Å². The lowest BCUT2D eigenvalue weighted by molar-refractivity contribution is -0.129. The van der Waals surface area contributed by atoms with E-state index < -0.39 is 22.7 Å². The summed E-state index contributed by atoms with van der Waals surface area (Å²) in [4.78, 5) is 41.4. The molecule has 5 rings (SSSR count). The molecule has 0 aliphatic carbocycles. The topological polar surface area (TPSA) is 130 Å². The van der Waals surface area contributed by atoms with Gasteiger partial charge in [0.2, 0.25) is 5.91 Å². The molecule has 13 heteroatoms. The second-order valence-electron chi connectivity index (χ2n) is 11.3. The predicted molar refractivity (Wildman–Crippen MR) is 183 cm³/mol. The van der Waals surface area contributed by atoms with E-state index in [0.29, 0.717) is 28.7 Å². The molecular formula is C31H42IN5O6S. The van der Waals surface area contributed by atoms with Gasteiger partial charge in [-0.25, -0.2) is 14.0 Å². The minimum absolute atomic E-state index is 0. The molecule has 1 aliphatic rings. The molecule has 1 amide bonds. The number of aryl methyl sites for hydroxylation is 3. The van der Waals surface area contributed by atoms with Crippen molar-refractivity contribution in [2.75, 3.05) is 20.3 Å². The van der Waals surface area contributed by atoms with Crippen LogP contribution >= 0.6 is 35.3 Å². The second kappa shape index (κ2) is 15.3. The summed E-state index contributed by atoms with van der Waals surface area (Å²) < 4.78 is 14.8. The number of hydrogen-bond donors (Lipinski definition) is 2. The van der Waals surface area contributed by atoms with Crippen LogP contribution in [-0.2, 0) is 28.0 Å².